The van der Waals surface area contributed by atoms with Gasteiger partial charge in [-0.3, -0.25) is 4.90 Å². The molecule has 3 aromatic rings. The van der Waals surface area contributed by atoms with E-state index in [9.17, 15) is 0 Å². The minimum atomic E-state index is 0.127. The van der Waals surface area contributed by atoms with Gasteiger partial charge in [-0.25, -0.2) is 4.98 Å². The quantitative estimate of drug-likeness (QED) is 0.751. The fourth-order valence-corrected chi connectivity index (χ4v) is 3.55. The molecular formula is C19H21ClN4O2. The fourth-order valence-electron chi connectivity index (χ4n) is 3.37. The monoisotopic (exact) mass is 372 g/mol. The van der Waals surface area contributed by atoms with Crippen LogP contribution in [0.4, 0.5) is 5.82 Å². The van der Waals surface area contributed by atoms with Gasteiger partial charge in [-0.15, -0.1) is 0 Å². The number of fused-ring (bicyclic) bond motifs is 1. The van der Waals surface area contributed by atoms with E-state index in [4.69, 9.17) is 26.5 Å². The maximum Gasteiger partial charge on any atom is 0.231 e. The van der Waals surface area contributed by atoms with Gasteiger partial charge < -0.3 is 14.9 Å². The zero-order valence-corrected chi connectivity index (χ0v) is 15.6. The van der Waals surface area contributed by atoms with Gasteiger partial charge in [0.25, 0.3) is 0 Å². The van der Waals surface area contributed by atoms with Gasteiger partial charge in [0.15, 0.2) is 0 Å². The molecule has 26 heavy (non-hydrogen) atoms. The van der Waals surface area contributed by atoms with Crippen LogP contribution in [0.25, 0.3) is 11.1 Å². The maximum atomic E-state index is 6.12. The van der Waals surface area contributed by atoms with Crippen LogP contribution in [0.1, 0.15) is 23.6 Å². The number of rotatable bonds is 4. The van der Waals surface area contributed by atoms with Crippen molar-refractivity contribution in [3.05, 3.63) is 46.4 Å². The lowest BCUT2D eigenvalue weighted by molar-refractivity contribution is 0.197. The third-order valence-electron chi connectivity index (χ3n) is 4.80. The standard InChI is InChI=1S/C19H21ClN4O2/c1-11-12(2)25-19-17(11)18(21)22-16(23-19)10-24-7-6-15(9-24)26-14-5-3-4-13(20)8-14/h3-5,8,15H,6-7,9-10H2,1-2H3,(H2,21,22,23). The van der Waals surface area contributed by atoms with E-state index in [1.54, 1.807) is 0 Å². The first-order valence-electron chi connectivity index (χ1n) is 8.66. The van der Waals surface area contributed by atoms with E-state index in [2.05, 4.69) is 14.9 Å². The summed E-state index contributed by atoms with van der Waals surface area (Å²) in [6.07, 6.45) is 1.08. The molecule has 0 bridgehead atoms. The lowest BCUT2D eigenvalue weighted by atomic mass is 10.2. The Morgan fingerprint density at radius 2 is 2.19 bits per heavy atom. The molecule has 1 saturated heterocycles. The van der Waals surface area contributed by atoms with E-state index in [0.717, 1.165) is 42.0 Å². The van der Waals surface area contributed by atoms with Gasteiger partial charge in [0.1, 0.15) is 29.3 Å². The molecule has 4 rings (SSSR count). The predicted octanol–water partition coefficient (Wildman–Crippen LogP) is 3.73. The lowest BCUT2D eigenvalue weighted by Crippen LogP contribution is -2.25. The van der Waals surface area contributed by atoms with Crippen LogP contribution >= 0.6 is 11.6 Å². The van der Waals surface area contributed by atoms with Crippen molar-refractivity contribution in [1.82, 2.24) is 14.9 Å². The maximum absolute atomic E-state index is 6.12. The molecule has 3 heterocycles. The molecule has 6 nitrogen and oxygen atoms in total. The molecule has 1 aliphatic rings. The Labute approximate surface area is 156 Å². The zero-order valence-electron chi connectivity index (χ0n) is 14.8. The minimum Gasteiger partial charge on any atom is -0.489 e. The number of nitrogen functional groups attached to an aromatic ring is 1. The van der Waals surface area contributed by atoms with Crippen LogP contribution in [-0.2, 0) is 6.54 Å². The zero-order chi connectivity index (χ0) is 18.3. The summed E-state index contributed by atoms with van der Waals surface area (Å²) in [5.74, 6) is 2.78. The minimum absolute atomic E-state index is 0.127. The second kappa shape index (κ2) is 6.78. The molecule has 0 spiro atoms. The van der Waals surface area contributed by atoms with Crippen LogP contribution in [0.15, 0.2) is 28.7 Å². The number of likely N-dealkylation sites (tertiary alicyclic amines) is 1. The molecule has 0 saturated carbocycles. The Kier molecular flexibility index (Phi) is 4.46. The van der Waals surface area contributed by atoms with Crippen LogP contribution in [0.2, 0.25) is 5.02 Å². The van der Waals surface area contributed by atoms with E-state index < -0.39 is 0 Å². The van der Waals surface area contributed by atoms with Gasteiger partial charge in [0.2, 0.25) is 5.71 Å². The van der Waals surface area contributed by atoms with Crippen molar-refractivity contribution in [3.63, 3.8) is 0 Å². The van der Waals surface area contributed by atoms with Crippen molar-refractivity contribution in [1.29, 1.82) is 0 Å². The first-order chi connectivity index (χ1) is 12.5. The first-order valence-corrected chi connectivity index (χ1v) is 9.04. The fraction of sp³-hybridized carbons (Fsp3) is 0.368. The molecule has 2 N–H and O–H groups in total. The second-order valence-electron chi connectivity index (χ2n) is 6.71. The van der Waals surface area contributed by atoms with Crippen LogP contribution in [0.3, 0.4) is 0 Å². The summed E-state index contributed by atoms with van der Waals surface area (Å²) in [5, 5.41) is 1.49. The number of aryl methyl sites for hydroxylation is 2. The Morgan fingerprint density at radius 1 is 1.35 bits per heavy atom. The SMILES string of the molecule is Cc1oc2nc(CN3CCC(Oc4cccc(Cl)c4)C3)nc(N)c2c1C. The summed E-state index contributed by atoms with van der Waals surface area (Å²) >= 11 is 6.01. The number of hydrogen-bond donors (Lipinski definition) is 1. The second-order valence-corrected chi connectivity index (χ2v) is 7.15. The average molecular weight is 373 g/mol. The molecule has 1 aromatic carbocycles. The number of ether oxygens (including phenoxy) is 1. The number of anilines is 1. The molecule has 136 valence electrons. The summed E-state index contributed by atoms with van der Waals surface area (Å²) < 4.78 is 11.7. The van der Waals surface area contributed by atoms with Crippen molar-refractivity contribution in [2.75, 3.05) is 18.8 Å². The third-order valence-corrected chi connectivity index (χ3v) is 5.03. The molecular weight excluding hydrogens is 352 g/mol. The van der Waals surface area contributed by atoms with E-state index in [-0.39, 0.29) is 6.10 Å². The molecule has 0 radical (unpaired) electrons. The molecule has 1 aliphatic heterocycles. The number of halogens is 1. The summed E-state index contributed by atoms with van der Waals surface area (Å²) in [6.45, 7) is 6.23. The highest BCUT2D eigenvalue weighted by molar-refractivity contribution is 6.30. The number of furan rings is 1. The van der Waals surface area contributed by atoms with Crippen LogP contribution in [0, 0.1) is 13.8 Å². The molecule has 0 amide bonds. The summed E-state index contributed by atoms with van der Waals surface area (Å²) in [5.41, 5.74) is 7.69. The van der Waals surface area contributed by atoms with E-state index in [1.807, 2.05) is 38.1 Å². The van der Waals surface area contributed by atoms with Gasteiger partial charge in [-0.05, 0) is 38.5 Å². The number of hydrogen-bond acceptors (Lipinski definition) is 6. The molecule has 0 aliphatic carbocycles. The van der Waals surface area contributed by atoms with E-state index in [1.165, 1.54) is 0 Å². The highest BCUT2D eigenvalue weighted by Gasteiger charge is 2.25. The number of nitrogens with two attached hydrogens (primary N) is 1. The summed E-state index contributed by atoms with van der Waals surface area (Å²) in [7, 11) is 0. The van der Waals surface area contributed by atoms with Gasteiger partial charge in [-0.2, -0.15) is 4.98 Å². The molecule has 1 atom stereocenters. The highest BCUT2D eigenvalue weighted by Crippen LogP contribution is 2.28. The van der Waals surface area contributed by atoms with Gasteiger partial charge in [-0.1, -0.05) is 17.7 Å². The molecule has 1 fully saturated rings. The van der Waals surface area contributed by atoms with Crippen LogP contribution in [0.5, 0.6) is 5.75 Å². The number of benzene rings is 1. The Hall–Kier alpha value is -2.31. The van der Waals surface area contributed by atoms with Crippen molar-refractivity contribution in [2.45, 2.75) is 32.9 Å². The normalized spacial score (nSPS) is 17.9. The number of nitrogens with zero attached hydrogens (tertiary/aromatic N) is 3. The Balaban J connectivity index is 1.44. The van der Waals surface area contributed by atoms with Gasteiger partial charge in [0, 0.05) is 23.7 Å². The molecule has 7 heteroatoms. The van der Waals surface area contributed by atoms with Crippen molar-refractivity contribution < 1.29 is 9.15 Å². The highest BCUT2D eigenvalue weighted by atomic mass is 35.5. The smallest absolute Gasteiger partial charge is 0.231 e. The van der Waals surface area contributed by atoms with E-state index >= 15 is 0 Å². The molecule has 2 aromatic heterocycles. The first kappa shape index (κ1) is 17.1. The Morgan fingerprint density at radius 3 is 3.00 bits per heavy atom. The largest absolute Gasteiger partial charge is 0.489 e. The van der Waals surface area contributed by atoms with Crippen molar-refractivity contribution >= 4 is 28.5 Å². The van der Waals surface area contributed by atoms with Crippen LogP contribution in [-0.4, -0.2) is 34.1 Å². The van der Waals surface area contributed by atoms with Gasteiger partial charge >= 0.3 is 0 Å². The lowest BCUT2D eigenvalue weighted by Gasteiger charge is -2.16. The van der Waals surface area contributed by atoms with Crippen molar-refractivity contribution in [3.8, 4) is 5.75 Å². The predicted molar refractivity (Wildman–Crippen MR) is 101 cm³/mol. The summed E-state index contributed by atoms with van der Waals surface area (Å²) in [6, 6.07) is 7.49. The summed E-state index contributed by atoms with van der Waals surface area (Å²) in [4.78, 5) is 11.3. The van der Waals surface area contributed by atoms with Gasteiger partial charge in [0.05, 0.1) is 11.9 Å². The third kappa shape index (κ3) is 3.34. The van der Waals surface area contributed by atoms with Crippen LogP contribution < -0.4 is 10.5 Å². The topological polar surface area (TPSA) is 77.4 Å². The van der Waals surface area contributed by atoms with E-state index in [0.29, 0.717) is 28.9 Å². The average Bonchev–Trinajstić information content (AvgIpc) is 3.12. The molecule has 1 unspecified atom stereocenters. The van der Waals surface area contributed by atoms with Crippen molar-refractivity contribution in [2.24, 2.45) is 0 Å². The number of aromatic nitrogens is 2. The Bertz CT molecular complexity index is 956.